The maximum atomic E-state index is 12.2. The van der Waals surface area contributed by atoms with E-state index in [1.807, 2.05) is 6.92 Å². The van der Waals surface area contributed by atoms with Gasteiger partial charge in [-0.25, -0.2) is 0 Å². The molecule has 1 aliphatic heterocycles. The number of benzene rings is 1. The number of ether oxygens (including phenoxy) is 2. The van der Waals surface area contributed by atoms with Gasteiger partial charge in [0.2, 0.25) is 5.91 Å². The highest BCUT2D eigenvalue weighted by Gasteiger charge is 2.36. The number of rotatable bonds is 6. The zero-order valence-corrected chi connectivity index (χ0v) is 13.9. The van der Waals surface area contributed by atoms with Crippen molar-refractivity contribution in [3.8, 4) is 0 Å². The molecule has 1 aromatic carbocycles. The zero-order chi connectivity index (χ0) is 16.0. The van der Waals surface area contributed by atoms with E-state index >= 15 is 0 Å². The standard InChI is InChI=1S/C18H27NO3/c1-4-22-15(3)17(20)19-13-18(9-11-21-12-10-18)16-8-6-5-7-14(16)2/h5-8,15H,4,9-13H2,1-3H3,(H,19,20). The molecular weight excluding hydrogens is 278 g/mol. The highest BCUT2D eigenvalue weighted by atomic mass is 16.5. The number of aryl methyl sites for hydroxylation is 1. The van der Waals surface area contributed by atoms with Crippen LogP contribution < -0.4 is 5.32 Å². The fourth-order valence-corrected chi connectivity index (χ4v) is 3.20. The van der Waals surface area contributed by atoms with Crippen LogP contribution >= 0.6 is 0 Å². The molecule has 2 rings (SSSR count). The van der Waals surface area contributed by atoms with E-state index in [4.69, 9.17) is 9.47 Å². The molecular formula is C18H27NO3. The van der Waals surface area contributed by atoms with Gasteiger partial charge < -0.3 is 14.8 Å². The van der Waals surface area contributed by atoms with Gasteiger partial charge in [0.05, 0.1) is 0 Å². The Morgan fingerprint density at radius 2 is 2.05 bits per heavy atom. The van der Waals surface area contributed by atoms with Crippen molar-refractivity contribution >= 4 is 5.91 Å². The van der Waals surface area contributed by atoms with Gasteiger partial charge >= 0.3 is 0 Å². The Kier molecular flexibility index (Phi) is 5.98. The molecule has 1 atom stereocenters. The highest BCUT2D eigenvalue weighted by molar-refractivity contribution is 5.80. The minimum Gasteiger partial charge on any atom is -0.381 e. The first kappa shape index (κ1) is 17.0. The smallest absolute Gasteiger partial charge is 0.248 e. The minimum atomic E-state index is -0.404. The van der Waals surface area contributed by atoms with E-state index in [2.05, 4.69) is 36.5 Å². The summed E-state index contributed by atoms with van der Waals surface area (Å²) in [6.45, 7) is 8.50. The minimum absolute atomic E-state index is 0.0365. The summed E-state index contributed by atoms with van der Waals surface area (Å²) in [6, 6.07) is 8.45. The van der Waals surface area contributed by atoms with Gasteiger partial charge in [-0.2, -0.15) is 0 Å². The lowest BCUT2D eigenvalue weighted by Crippen LogP contribution is -2.47. The molecule has 0 radical (unpaired) electrons. The maximum absolute atomic E-state index is 12.2. The van der Waals surface area contributed by atoms with Crippen LogP contribution in [0.1, 0.15) is 37.8 Å². The summed E-state index contributed by atoms with van der Waals surface area (Å²) in [7, 11) is 0. The van der Waals surface area contributed by atoms with E-state index in [9.17, 15) is 4.79 Å². The molecule has 122 valence electrons. The Balaban J connectivity index is 2.13. The lowest BCUT2D eigenvalue weighted by Gasteiger charge is -2.39. The van der Waals surface area contributed by atoms with E-state index in [1.165, 1.54) is 11.1 Å². The lowest BCUT2D eigenvalue weighted by molar-refractivity contribution is -0.131. The first-order valence-corrected chi connectivity index (χ1v) is 8.12. The quantitative estimate of drug-likeness (QED) is 0.879. The summed E-state index contributed by atoms with van der Waals surface area (Å²) in [4.78, 5) is 12.2. The fourth-order valence-electron chi connectivity index (χ4n) is 3.20. The van der Waals surface area contributed by atoms with E-state index in [0.717, 1.165) is 26.1 Å². The van der Waals surface area contributed by atoms with Crippen LogP contribution in [0.3, 0.4) is 0 Å². The molecule has 1 N–H and O–H groups in total. The van der Waals surface area contributed by atoms with Crippen LogP contribution in [0.4, 0.5) is 0 Å². The van der Waals surface area contributed by atoms with Gasteiger partial charge in [-0.3, -0.25) is 4.79 Å². The predicted octanol–water partition coefficient (Wildman–Crippen LogP) is 2.58. The Morgan fingerprint density at radius 3 is 2.68 bits per heavy atom. The van der Waals surface area contributed by atoms with Crippen molar-refractivity contribution in [1.29, 1.82) is 0 Å². The molecule has 0 spiro atoms. The molecule has 1 unspecified atom stereocenters. The van der Waals surface area contributed by atoms with Crippen LogP contribution in [0.25, 0.3) is 0 Å². The highest BCUT2D eigenvalue weighted by Crippen LogP contribution is 2.36. The maximum Gasteiger partial charge on any atom is 0.248 e. The van der Waals surface area contributed by atoms with Gasteiger partial charge in [0.1, 0.15) is 6.10 Å². The largest absolute Gasteiger partial charge is 0.381 e. The van der Waals surface area contributed by atoms with Crippen molar-refractivity contribution in [2.24, 2.45) is 0 Å². The Morgan fingerprint density at radius 1 is 1.36 bits per heavy atom. The summed E-state index contributed by atoms with van der Waals surface area (Å²) in [6.07, 6.45) is 1.46. The third kappa shape index (κ3) is 3.87. The Hall–Kier alpha value is -1.39. The normalized spacial score (nSPS) is 18.7. The topological polar surface area (TPSA) is 47.6 Å². The zero-order valence-electron chi connectivity index (χ0n) is 13.9. The monoisotopic (exact) mass is 305 g/mol. The van der Waals surface area contributed by atoms with Crippen molar-refractivity contribution < 1.29 is 14.3 Å². The average Bonchev–Trinajstić information content (AvgIpc) is 2.54. The van der Waals surface area contributed by atoms with Crippen LogP contribution in [-0.2, 0) is 19.7 Å². The van der Waals surface area contributed by atoms with Crippen molar-refractivity contribution in [2.45, 2.75) is 45.1 Å². The van der Waals surface area contributed by atoms with Gasteiger partial charge in [0.15, 0.2) is 0 Å². The summed E-state index contributed by atoms with van der Waals surface area (Å²) < 4.78 is 10.9. The van der Waals surface area contributed by atoms with Crippen LogP contribution in [-0.4, -0.2) is 38.4 Å². The molecule has 0 saturated carbocycles. The molecule has 4 heteroatoms. The molecule has 1 amide bonds. The molecule has 1 saturated heterocycles. The van der Waals surface area contributed by atoms with Crippen molar-refractivity contribution in [2.75, 3.05) is 26.4 Å². The second-order valence-electron chi connectivity index (χ2n) is 6.02. The SMILES string of the molecule is CCOC(C)C(=O)NCC1(c2ccccc2C)CCOCC1. The molecule has 1 aliphatic rings. The van der Waals surface area contributed by atoms with Gasteiger partial charge in [-0.05, 0) is 44.7 Å². The van der Waals surface area contributed by atoms with Gasteiger partial charge in [0, 0.05) is 31.8 Å². The first-order chi connectivity index (χ1) is 10.6. The number of nitrogens with one attached hydrogen (secondary N) is 1. The van der Waals surface area contributed by atoms with Gasteiger partial charge in [0.25, 0.3) is 0 Å². The second-order valence-corrected chi connectivity index (χ2v) is 6.02. The molecule has 1 fully saturated rings. The Labute approximate surface area is 133 Å². The van der Waals surface area contributed by atoms with E-state index < -0.39 is 6.10 Å². The third-order valence-corrected chi connectivity index (χ3v) is 4.55. The number of hydrogen-bond acceptors (Lipinski definition) is 3. The summed E-state index contributed by atoms with van der Waals surface area (Å²) in [5, 5.41) is 3.08. The summed E-state index contributed by atoms with van der Waals surface area (Å²) in [5.74, 6) is -0.0405. The van der Waals surface area contributed by atoms with Crippen LogP contribution in [0.5, 0.6) is 0 Å². The van der Waals surface area contributed by atoms with E-state index in [0.29, 0.717) is 13.2 Å². The molecule has 1 heterocycles. The van der Waals surface area contributed by atoms with E-state index in [-0.39, 0.29) is 11.3 Å². The van der Waals surface area contributed by atoms with E-state index in [1.54, 1.807) is 6.92 Å². The van der Waals surface area contributed by atoms with Crippen LogP contribution in [0.2, 0.25) is 0 Å². The molecule has 22 heavy (non-hydrogen) atoms. The number of carbonyl (C=O) groups is 1. The first-order valence-electron chi connectivity index (χ1n) is 8.12. The number of amides is 1. The summed E-state index contributed by atoms with van der Waals surface area (Å²) >= 11 is 0. The molecule has 0 bridgehead atoms. The van der Waals surface area contributed by atoms with Crippen molar-refractivity contribution in [3.63, 3.8) is 0 Å². The molecule has 0 aliphatic carbocycles. The predicted molar refractivity (Wildman–Crippen MR) is 87.0 cm³/mol. The van der Waals surface area contributed by atoms with Gasteiger partial charge in [-0.15, -0.1) is 0 Å². The fraction of sp³-hybridized carbons (Fsp3) is 0.611. The van der Waals surface area contributed by atoms with Crippen LogP contribution in [0, 0.1) is 6.92 Å². The van der Waals surface area contributed by atoms with Crippen molar-refractivity contribution in [1.82, 2.24) is 5.32 Å². The molecule has 0 aromatic heterocycles. The third-order valence-electron chi connectivity index (χ3n) is 4.55. The molecule has 1 aromatic rings. The van der Waals surface area contributed by atoms with Crippen LogP contribution in [0.15, 0.2) is 24.3 Å². The lowest BCUT2D eigenvalue weighted by atomic mass is 9.72. The Bertz CT molecular complexity index is 495. The number of hydrogen-bond donors (Lipinski definition) is 1. The average molecular weight is 305 g/mol. The molecule has 4 nitrogen and oxygen atoms in total. The number of carbonyl (C=O) groups excluding carboxylic acids is 1. The summed E-state index contributed by atoms with van der Waals surface area (Å²) in [5.41, 5.74) is 2.56. The van der Waals surface area contributed by atoms with Gasteiger partial charge in [-0.1, -0.05) is 24.3 Å². The second kappa shape index (κ2) is 7.75. The van der Waals surface area contributed by atoms with Crippen molar-refractivity contribution in [3.05, 3.63) is 35.4 Å².